The van der Waals surface area contributed by atoms with E-state index in [-0.39, 0.29) is 11.3 Å². The molecule has 0 unspecified atom stereocenters. The number of hydrogen-bond donors (Lipinski definition) is 1. The molecule has 0 radical (unpaired) electrons. The highest BCUT2D eigenvalue weighted by Gasteiger charge is 2.10. The smallest absolute Gasteiger partial charge is 0.421 e. The first kappa shape index (κ1) is 8.49. The van der Waals surface area contributed by atoms with Gasteiger partial charge in [0.05, 0.1) is 5.56 Å². The maximum atomic E-state index is 11.0. The van der Waals surface area contributed by atoms with Crippen molar-refractivity contribution < 1.29 is 14.3 Å². The second-order valence-electron chi connectivity index (χ2n) is 2.78. The fourth-order valence-corrected chi connectivity index (χ4v) is 1.13. The molecule has 0 bridgehead atoms. The van der Waals surface area contributed by atoms with Crippen LogP contribution < -0.4 is 5.76 Å². The maximum absolute atomic E-state index is 11.0. The lowest BCUT2D eigenvalue weighted by molar-refractivity contribution is 0.0696. The Morgan fingerprint density at radius 1 is 1.64 bits per heavy atom. The summed E-state index contributed by atoms with van der Waals surface area (Å²) in [5.74, 6) is -1.65. The number of rotatable bonds is 1. The minimum absolute atomic E-state index is 0.0221. The quantitative estimate of drug-likeness (QED) is 0.702. The lowest BCUT2D eigenvalue weighted by Crippen LogP contribution is -2.08. The molecular weight excluding hydrogens is 188 g/mol. The van der Waals surface area contributed by atoms with Gasteiger partial charge in [0.1, 0.15) is 5.52 Å². The number of aryl methyl sites for hydroxylation is 1. The second-order valence-corrected chi connectivity index (χ2v) is 2.78. The van der Waals surface area contributed by atoms with Crippen LogP contribution in [0.25, 0.3) is 11.2 Å². The van der Waals surface area contributed by atoms with E-state index in [4.69, 9.17) is 9.52 Å². The molecule has 0 fully saturated rings. The zero-order chi connectivity index (χ0) is 10.3. The predicted octanol–water partition coefficient (Wildman–Crippen LogP) is 0.225. The Balaban J connectivity index is 2.82. The minimum Gasteiger partial charge on any atom is -0.478 e. The third-order valence-electron chi connectivity index (χ3n) is 1.90. The van der Waals surface area contributed by atoms with Crippen molar-refractivity contribution in [1.29, 1.82) is 0 Å². The summed E-state index contributed by atoms with van der Waals surface area (Å²) in [6.07, 6.45) is 1.15. The Kier molecular flexibility index (Phi) is 1.63. The van der Waals surface area contributed by atoms with E-state index >= 15 is 0 Å². The van der Waals surface area contributed by atoms with Crippen molar-refractivity contribution in [2.45, 2.75) is 0 Å². The summed E-state index contributed by atoms with van der Waals surface area (Å²) in [7, 11) is 1.49. The molecule has 6 nitrogen and oxygen atoms in total. The van der Waals surface area contributed by atoms with E-state index in [0.29, 0.717) is 5.52 Å². The molecule has 14 heavy (non-hydrogen) atoms. The Hall–Kier alpha value is -2.11. The number of oxazole rings is 1. The summed E-state index contributed by atoms with van der Waals surface area (Å²) in [6, 6.07) is 1.34. The standard InChI is InChI=1S/C8H6N2O4/c1-10-5-2-4(7(11)12)3-9-6(5)14-8(10)13/h2-3H,1H3,(H,11,12). The molecule has 0 saturated heterocycles. The van der Waals surface area contributed by atoms with Gasteiger partial charge < -0.3 is 9.52 Å². The number of aromatic nitrogens is 2. The van der Waals surface area contributed by atoms with Gasteiger partial charge in [-0.3, -0.25) is 4.57 Å². The highest BCUT2D eigenvalue weighted by atomic mass is 16.4. The molecule has 1 N–H and O–H groups in total. The van der Waals surface area contributed by atoms with Crippen LogP contribution in [-0.2, 0) is 7.05 Å². The largest absolute Gasteiger partial charge is 0.478 e. The summed E-state index contributed by atoms with van der Waals surface area (Å²) in [4.78, 5) is 25.3. The average Bonchev–Trinajstić information content (AvgIpc) is 2.43. The zero-order valence-electron chi connectivity index (χ0n) is 7.22. The van der Waals surface area contributed by atoms with Gasteiger partial charge in [-0.2, -0.15) is 0 Å². The fraction of sp³-hybridized carbons (Fsp3) is 0.125. The topological polar surface area (TPSA) is 85.3 Å². The van der Waals surface area contributed by atoms with E-state index in [1.165, 1.54) is 17.7 Å². The lowest BCUT2D eigenvalue weighted by Gasteiger charge is -1.93. The van der Waals surface area contributed by atoms with Crippen LogP contribution in [0.5, 0.6) is 0 Å². The van der Waals surface area contributed by atoms with E-state index in [9.17, 15) is 9.59 Å². The molecule has 2 aromatic heterocycles. The van der Waals surface area contributed by atoms with Gasteiger partial charge in [0, 0.05) is 13.2 Å². The third-order valence-corrected chi connectivity index (χ3v) is 1.90. The van der Waals surface area contributed by atoms with Gasteiger partial charge in [0.15, 0.2) is 0 Å². The summed E-state index contributed by atoms with van der Waals surface area (Å²) < 4.78 is 5.94. The van der Waals surface area contributed by atoms with E-state index in [2.05, 4.69) is 4.98 Å². The SMILES string of the molecule is Cn1c(=O)oc2ncc(C(=O)O)cc21. The molecule has 2 heterocycles. The molecular formula is C8H6N2O4. The highest BCUT2D eigenvalue weighted by molar-refractivity contribution is 5.90. The maximum Gasteiger partial charge on any atom is 0.421 e. The molecule has 0 aliphatic heterocycles. The summed E-state index contributed by atoms with van der Waals surface area (Å²) in [6.45, 7) is 0. The molecule has 0 saturated carbocycles. The van der Waals surface area contributed by atoms with Crippen molar-refractivity contribution in [1.82, 2.24) is 9.55 Å². The molecule has 0 amide bonds. The highest BCUT2D eigenvalue weighted by Crippen LogP contribution is 2.10. The number of hydrogen-bond acceptors (Lipinski definition) is 4. The Morgan fingerprint density at radius 3 is 3.00 bits per heavy atom. The van der Waals surface area contributed by atoms with Crippen LogP contribution >= 0.6 is 0 Å². The lowest BCUT2D eigenvalue weighted by atomic mass is 10.3. The van der Waals surface area contributed by atoms with Crippen LogP contribution in [-0.4, -0.2) is 20.6 Å². The van der Waals surface area contributed by atoms with E-state index < -0.39 is 11.7 Å². The first-order valence-corrected chi connectivity index (χ1v) is 3.78. The minimum atomic E-state index is -1.09. The number of carboxylic acids is 1. The molecule has 6 heteroatoms. The number of aromatic carboxylic acids is 1. The van der Waals surface area contributed by atoms with Gasteiger partial charge in [-0.15, -0.1) is 0 Å². The van der Waals surface area contributed by atoms with Crippen LogP contribution in [0.4, 0.5) is 0 Å². The summed E-state index contributed by atoms with van der Waals surface area (Å²) in [5, 5.41) is 8.68. The summed E-state index contributed by atoms with van der Waals surface area (Å²) >= 11 is 0. The molecule has 0 atom stereocenters. The Bertz CT molecular complexity index is 566. The second kappa shape index (κ2) is 2.69. The van der Waals surface area contributed by atoms with Gasteiger partial charge in [-0.25, -0.2) is 14.6 Å². The Labute approximate surface area is 77.4 Å². The van der Waals surface area contributed by atoms with Crippen LogP contribution in [0.2, 0.25) is 0 Å². The van der Waals surface area contributed by atoms with Crippen LogP contribution in [0.3, 0.4) is 0 Å². The molecule has 0 aliphatic rings. The van der Waals surface area contributed by atoms with Crippen LogP contribution in [0.15, 0.2) is 21.5 Å². The van der Waals surface area contributed by atoms with Crippen molar-refractivity contribution in [2.24, 2.45) is 7.05 Å². The number of pyridine rings is 1. The normalized spacial score (nSPS) is 10.6. The fourth-order valence-electron chi connectivity index (χ4n) is 1.13. The third kappa shape index (κ3) is 1.08. The van der Waals surface area contributed by atoms with E-state index in [0.717, 1.165) is 6.20 Å². The van der Waals surface area contributed by atoms with Gasteiger partial charge in [-0.1, -0.05) is 0 Å². The molecule has 2 rings (SSSR count). The molecule has 0 spiro atoms. The van der Waals surface area contributed by atoms with E-state index in [1.807, 2.05) is 0 Å². The monoisotopic (exact) mass is 194 g/mol. The van der Waals surface area contributed by atoms with Crippen molar-refractivity contribution in [3.05, 3.63) is 28.4 Å². The Morgan fingerprint density at radius 2 is 2.36 bits per heavy atom. The number of fused-ring (bicyclic) bond motifs is 1. The number of nitrogens with zero attached hydrogens (tertiary/aromatic N) is 2. The van der Waals surface area contributed by atoms with Gasteiger partial charge in [-0.05, 0) is 6.07 Å². The molecule has 0 aromatic carbocycles. The van der Waals surface area contributed by atoms with Crippen molar-refractivity contribution >= 4 is 17.2 Å². The average molecular weight is 194 g/mol. The zero-order valence-corrected chi connectivity index (χ0v) is 7.22. The van der Waals surface area contributed by atoms with Crippen molar-refractivity contribution in [2.75, 3.05) is 0 Å². The van der Waals surface area contributed by atoms with Crippen molar-refractivity contribution in [3.8, 4) is 0 Å². The molecule has 0 aliphatic carbocycles. The first-order chi connectivity index (χ1) is 6.59. The van der Waals surface area contributed by atoms with Gasteiger partial charge in [0.25, 0.3) is 0 Å². The van der Waals surface area contributed by atoms with Crippen molar-refractivity contribution in [3.63, 3.8) is 0 Å². The molecule has 2 aromatic rings. The van der Waals surface area contributed by atoms with Crippen LogP contribution in [0, 0.1) is 0 Å². The summed E-state index contributed by atoms with van der Waals surface area (Å²) in [5.41, 5.74) is 0.534. The van der Waals surface area contributed by atoms with Gasteiger partial charge in [0.2, 0.25) is 5.71 Å². The predicted molar refractivity (Wildman–Crippen MR) is 46.2 cm³/mol. The number of carboxylic acid groups (broad SMARTS) is 1. The van der Waals surface area contributed by atoms with Gasteiger partial charge >= 0.3 is 11.7 Å². The molecule has 72 valence electrons. The van der Waals surface area contributed by atoms with Crippen LogP contribution in [0.1, 0.15) is 10.4 Å². The number of carbonyl (C=O) groups is 1. The first-order valence-electron chi connectivity index (χ1n) is 3.78. The van der Waals surface area contributed by atoms with E-state index in [1.54, 1.807) is 0 Å².